The van der Waals surface area contributed by atoms with E-state index >= 15 is 0 Å². The monoisotopic (exact) mass is 480 g/mol. The van der Waals surface area contributed by atoms with Crippen LogP contribution in [-0.2, 0) is 12.8 Å². The first kappa shape index (κ1) is 30.9. The Labute approximate surface area is 209 Å². The largest absolute Gasteiger partial charge is 1.00 e. The molecule has 182 valence electrons. The van der Waals surface area contributed by atoms with Crippen LogP contribution in [0.1, 0.15) is 75.3 Å². The molecule has 2 aromatic rings. The smallest absolute Gasteiger partial charge is 0.0768 e. The number of aryl methyl sites for hydroxylation is 2. The molecule has 0 aliphatic carbocycles. The highest BCUT2D eigenvalue weighted by molar-refractivity contribution is 5.15. The van der Waals surface area contributed by atoms with Crippen molar-refractivity contribution in [3.05, 3.63) is 71.8 Å². The number of hydrogen-bond donors (Lipinski definition) is 2. The lowest BCUT2D eigenvalue weighted by Crippen LogP contribution is -3.00. The fraction of sp³-hybridized carbons (Fsp3) is 0.571. The predicted octanol–water partition coefficient (Wildman–Crippen LogP) is -0.903. The van der Waals surface area contributed by atoms with Crippen LogP contribution >= 0.6 is 0 Å². The van der Waals surface area contributed by atoms with E-state index in [1.807, 2.05) is 0 Å². The van der Waals surface area contributed by atoms with Gasteiger partial charge in [-0.1, -0.05) is 86.3 Å². The van der Waals surface area contributed by atoms with Crippen LogP contribution in [0.15, 0.2) is 60.7 Å². The second-order valence-corrected chi connectivity index (χ2v) is 9.06. The van der Waals surface area contributed by atoms with E-state index in [-0.39, 0.29) is 24.8 Å². The highest BCUT2D eigenvalue weighted by atomic mass is 35.5. The molecule has 32 heavy (non-hydrogen) atoms. The Kier molecular flexibility index (Phi) is 19.9. The maximum absolute atomic E-state index is 4.20. The lowest BCUT2D eigenvalue weighted by molar-refractivity contribution is -0.380. The van der Waals surface area contributed by atoms with E-state index in [0.717, 1.165) is 24.9 Å². The van der Waals surface area contributed by atoms with Crippen LogP contribution in [0.5, 0.6) is 0 Å². The number of halogens is 2. The van der Waals surface area contributed by atoms with Crippen LogP contribution in [0.25, 0.3) is 0 Å². The zero-order valence-corrected chi connectivity index (χ0v) is 21.5. The topological polar surface area (TPSA) is 55.3 Å². The maximum atomic E-state index is 4.20. The van der Waals surface area contributed by atoms with Gasteiger partial charge in [0, 0.05) is 11.8 Å². The second-order valence-electron chi connectivity index (χ2n) is 9.06. The molecule has 2 nitrogen and oxygen atoms in total. The van der Waals surface area contributed by atoms with Crippen molar-refractivity contribution in [1.29, 1.82) is 0 Å². The van der Waals surface area contributed by atoms with Crippen LogP contribution < -0.4 is 36.3 Å². The van der Waals surface area contributed by atoms with Gasteiger partial charge in [-0.2, -0.15) is 0 Å². The number of benzene rings is 2. The van der Waals surface area contributed by atoms with Gasteiger partial charge in [-0.05, 0) is 62.5 Å². The molecule has 0 saturated heterocycles. The van der Waals surface area contributed by atoms with E-state index in [2.05, 4.69) is 72.1 Å². The standard InChI is InChI=1S/C28H44N2.2ClH/c29-23-27(21-11-19-25-13-7-3-8-14-25)17-5-1-2-6-18-28(24-30)22-12-20-26-15-9-4-10-16-26;;/h3-4,7-10,13-16,27-28H,1-2,5-6,11-12,17-24,29-30H2;2*1H. The van der Waals surface area contributed by atoms with Gasteiger partial charge in [0.15, 0.2) is 0 Å². The number of quaternary nitrogens is 2. The lowest BCUT2D eigenvalue weighted by atomic mass is 9.92. The summed E-state index contributed by atoms with van der Waals surface area (Å²) < 4.78 is 0. The van der Waals surface area contributed by atoms with E-state index in [1.54, 1.807) is 0 Å². The van der Waals surface area contributed by atoms with Crippen molar-refractivity contribution >= 4 is 0 Å². The SMILES string of the molecule is [Cl-].[Cl-].[NH3+]CC(CCCCCCC(C[NH3+])CCCc1ccccc1)CCCc1ccccc1. The Bertz CT molecular complexity index is 579. The molecule has 0 bridgehead atoms. The third-order valence-corrected chi connectivity index (χ3v) is 6.63. The Morgan fingerprint density at radius 3 is 1.16 bits per heavy atom. The first-order valence-electron chi connectivity index (χ1n) is 12.5. The van der Waals surface area contributed by atoms with Gasteiger partial charge in [0.05, 0.1) is 13.1 Å². The minimum atomic E-state index is 0. The molecular formula is C28H46Cl2N2. The van der Waals surface area contributed by atoms with E-state index in [4.69, 9.17) is 0 Å². The van der Waals surface area contributed by atoms with Crippen molar-refractivity contribution in [3.8, 4) is 0 Å². The summed E-state index contributed by atoms with van der Waals surface area (Å²) in [7, 11) is 0. The summed E-state index contributed by atoms with van der Waals surface area (Å²) in [4.78, 5) is 0. The van der Waals surface area contributed by atoms with Gasteiger partial charge in [0.2, 0.25) is 0 Å². The Morgan fingerprint density at radius 2 is 0.812 bits per heavy atom. The van der Waals surface area contributed by atoms with E-state index in [9.17, 15) is 0 Å². The molecule has 0 aromatic heterocycles. The second kappa shape index (κ2) is 20.5. The summed E-state index contributed by atoms with van der Waals surface area (Å²) in [5, 5.41) is 0. The molecule has 0 spiro atoms. The third-order valence-electron chi connectivity index (χ3n) is 6.63. The van der Waals surface area contributed by atoms with Gasteiger partial charge < -0.3 is 36.3 Å². The quantitative estimate of drug-likeness (QED) is 0.275. The highest BCUT2D eigenvalue weighted by Gasteiger charge is 2.10. The molecule has 2 atom stereocenters. The summed E-state index contributed by atoms with van der Waals surface area (Å²) >= 11 is 0. The fourth-order valence-corrected chi connectivity index (χ4v) is 4.56. The molecule has 2 unspecified atom stereocenters. The molecule has 0 amide bonds. The van der Waals surface area contributed by atoms with Crippen LogP contribution in [0.2, 0.25) is 0 Å². The summed E-state index contributed by atoms with van der Waals surface area (Å²) in [5.41, 5.74) is 11.4. The highest BCUT2D eigenvalue weighted by Crippen LogP contribution is 2.19. The van der Waals surface area contributed by atoms with Gasteiger partial charge in [0.1, 0.15) is 0 Å². The minimum absolute atomic E-state index is 0. The molecule has 0 fully saturated rings. The number of unbranched alkanes of at least 4 members (excludes halogenated alkanes) is 3. The Morgan fingerprint density at radius 1 is 0.469 bits per heavy atom. The van der Waals surface area contributed by atoms with E-state index in [1.165, 1.54) is 88.2 Å². The van der Waals surface area contributed by atoms with Gasteiger partial charge in [-0.25, -0.2) is 0 Å². The zero-order chi connectivity index (χ0) is 21.3. The zero-order valence-electron chi connectivity index (χ0n) is 20.0. The van der Waals surface area contributed by atoms with Crippen molar-refractivity contribution in [2.75, 3.05) is 13.1 Å². The van der Waals surface area contributed by atoms with Crippen molar-refractivity contribution < 1.29 is 36.3 Å². The van der Waals surface area contributed by atoms with Crippen LogP contribution in [-0.4, -0.2) is 13.1 Å². The molecule has 2 aromatic carbocycles. The van der Waals surface area contributed by atoms with Crippen molar-refractivity contribution in [2.24, 2.45) is 11.8 Å². The van der Waals surface area contributed by atoms with Crippen LogP contribution in [0, 0.1) is 11.8 Å². The minimum Gasteiger partial charge on any atom is -1.00 e. The molecule has 2 rings (SSSR count). The summed E-state index contributed by atoms with van der Waals surface area (Å²) in [6.07, 6.45) is 16.0. The Hall–Kier alpha value is -1.06. The molecule has 0 aliphatic rings. The van der Waals surface area contributed by atoms with Gasteiger partial charge in [-0.15, -0.1) is 0 Å². The number of hydrogen-bond acceptors (Lipinski definition) is 0. The first-order chi connectivity index (χ1) is 14.8. The molecule has 0 aliphatic heterocycles. The van der Waals surface area contributed by atoms with Crippen molar-refractivity contribution in [3.63, 3.8) is 0 Å². The van der Waals surface area contributed by atoms with Crippen molar-refractivity contribution in [2.45, 2.75) is 77.0 Å². The average Bonchev–Trinajstić information content (AvgIpc) is 2.80. The molecule has 6 N–H and O–H groups in total. The van der Waals surface area contributed by atoms with E-state index < -0.39 is 0 Å². The van der Waals surface area contributed by atoms with Gasteiger partial charge >= 0.3 is 0 Å². The summed E-state index contributed by atoms with van der Waals surface area (Å²) in [6, 6.07) is 21.8. The fourth-order valence-electron chi connectivity index (χ4n) is 4.56. The first-order valence-corrected chi connectivity index (χ1v) is 12.5. The normalized spacial score (nSPS) is 12.4. The number of rotatable bonds is 17. The lowest BCUT2D eigenvalue weighted by Gasteiger charge is -2.14. The maximum Gasteiger partial charge on any atom is 0.0768 e. The average molecular weight is 482 g/mol. The Balaban J connectivity index is 0.00000480. The van der Waals surface area contributed by atoms with Gasteiger partial charge in [0.25, 0.3) is 0 Å². The summed E-state index contributed by atoms with van der Waals surface area (Å²) in [5.74, 6) is 1.64. The molecule has 4 heteroatoms. The van der Waals surface area contributed by atoms with Crippen molar-refractivity contribution in [1.82, 2.24) is 0 Å². The van der Waals surface area contributed by atoms with Crippen LogP contribution in [0.4, 0.5) is 0 Å². The predicted molar refractivity (Wildman–Crippen MR) is 129 cm³/mol. The third kappa shape index (κ3) is 14.2. The molecule has 0 radical (unpaired) electrons. The summed E-state index contributed by atoms with van der Waals surface area (Å²) in [6.45, 7) is 2.19. The molecule has 0 heterocycles. The molecular weight excluding hydrogens is 435 g/mol. The van der Waals surface area contributed by atoms with Gasteiger partial charge in [-0.3, -0.25) is 0 Å². The molecule has 0 saturated carbocycles. The van der Waals surface area contributed by atoms with Crippen LogP contribution in [0.3, 0.4) is 0 Å². The van der Waals surface area contributed by atoms with E-state index in [0.29, 0.717) is 0 Å².